The van der Waals surface area contributed by atoms with Crippen molar-refractivity contribution in [1.29, 1.82) is 0 Å². The number of aliphatic hydroxyl groups is 1. The maximum absolute atomic E-state index is 9.59. The van der Waals surface area contributed by atoms with Gasteiger partial charge in [-0.15, -0.1) is 0 Å². The molecule has 1 aromatic carbocycles. The summed E-state index contributed by atoms with van der Waals surface area (Å²) in [5.74, 6) is 0. The number of rotatable bonds is 7. The van der Waals surface area contributed by atoms with Crippen LogP contribution < -0.4 is 5.32 Å². The molecule has 0 aliphatic heterocycles. The van der Waals surface area contributed by atoms with E-state index in [0.29, 0.717) is 19.1 Å². The van der Waals surface area contributed by atoms with Gasteiger partial charge < -0.3 is 15.2 Å². The van der Waals surface area contributed by atoms with Gasteiger partial charge in [-0.05, 0) is 36.4 Å². The van der Waals surface area contributed by atoms with Gasteiger partial charge in [0.15, 0.2) is 0 Å². The van der Waals surface area contributed by atoms with Crippen LogP contribution in [0.5, 0.6) is 0 Å². The van der Waals surface area contributed by atoms with Crippen molar-refractivity contribution in [2.45, 2.75) is 51.7 Å². The molecular formula is C17H29NO2. The van der Waals surface area contributed by atoms with Crippen molar-refractivity contribution in [2.24, 2.45) is 0 Å². The fraction of sp³-hybridized carbons (Fsp3) is 0.647. The first-order chi connectivity index (χ1) is 9.34. The predicted molar refractivity (Wildman–Crippen MR) is 84.1 cm³/mol. The molecule has 3 nitrogen and oxygen atoms in total. The van der Waals surface area contributed by atoms with Crippen molar-refractivity contribution < 1.29 is 9.84 Å². The molecule has 0 fully saturated rings. The molecule has 0 radical (unpaired) electrons. The lowest BCUT2D eigenvalue weighted by Gasteiger charge is -2.21. The van der Waals surface area contributed by atoms with E-state index in [1.807, 2.05) is 0 Å². The van der Waals surface area contributed by atoms with Crippen molar-refractivity contribution in [2.75, 3.05) is 20.3 Å². The zero-order valence-corrected chi connectivity index (χ0v) is 13.4. The number of ether oxygens (including phenoxy) is 1. The van der Waals surface area contributed by atoms with Gasteiger partial charge >= 0.3 is 0 Å². The summed E-state index contributed by atoms with van der Waals surface area (Å²) in [7, 11) is 1.61. The van der Waals surface area contributed by atoms with Gasteiger partial charge in [0.05, 0.1) is 12.7 Å². The molecule has 3 heteroatoms. The highest BCUT2D eigenvalue weighted by Crippen LogP contribution is 2.23. The minimum atomic E-state index is -0.386. The highest BCUT2D eigenvalue weighted by molar-refractivity contribution is 5.28. The lowest BCUT2D eigenvalue weighted by atomic mass is 9.86. The van der Waals surface area contributed by atoms with Crippen LogP contribution in [0.15, 0.2) is 24.3 Å². The SMILES string of the molecule is COCC(O)CCNC(C)c1ccc(C(C)(C)C)cc1. The van der Waals surface area contributed by atoms with E-state index >= 15 is 0 Å². The Hall–Kier alpha value is -0.900. The fourth-order valence-electron chi connectivity index (χ4n) is 2.13. The summed E-state index contributed by atoms with van der Waals surface area (Å²) in [5.41, 5.74) is 2.82. The van der Waals surface area contributed by atoms with Crippen molar-refractivity contribution in [3.63, 3.8) is 0 Å². The summed E-state index contributed by atoms with van der Waals surface area (Å²) in [6.45, 7) is 10.0. The molecule has 0 spiro atoms. The normalized spacial score (nSPS) is 15.1. The number of nitrogens with one attached hydrogen (secondary N) is 1. The van der Waals surface area contributed by atoms with E-state index in [0.717, 1.165) is 6.54 Å². The van der Waals surface area contributed by atoms with Gasteiger partial charge in [0, 0.05) is 13.2 Å². The second-order valence-corrected chi connectivity index (χ2v) is 6.45. The van der Waals surface area contributed by atoms with E-state index < -0.39 is 0 Å². The minimum Gasteiger partial charge on any atom is -0.391 e. The molecule has 2 N–H and O–H groups in total. The molecule has 0 heterocycles. The van der Waals surface area contributed by atoms with Gasteiger partial charge in [-0.25, -0.2) is 0 Å². The van der Waals surface area contributed by atoms with Gasteiger partial charge in [-0.1, -0.05) is 45.0 Å². The number of methoxy groups -OCH3 is 1. The van der Waals surface area contributed by atoms with E-state index in [9.17, 15) is 5.11 Å². The zero-order valence-electron chi connectivity index (χ0n) is 13.4. The average Bonchev–Trinajstić information content (AvgIpc) is 2.38. The Morgan fingerprint density at radius 3 is 2.30 bits per heavy atom. The van der Waals surface area contributed by atoms with Crippen LogP contribution in [0.3, 0.4) is 0 Å². The summed E-state index contributed by atoms with van der Waals surface area (Å²) in [5, 5.41) is 13.0. The molecule has 0 saturated carbocycles. The molecule has 1 aromatic rings. The number of aliphatic hydroxyl groups excluding tert-OH is 1. The summed E-state index contributed by atoms with van der Waals surface area (Å²) in [4.78, 5) is 0. The van der Waals surface area contributed by atoms with Gasteiger partial charge in [-0.3, -0.25) is 0 Å². The first-order valence-electron chi connectivity index (χ1n) is 7.35. The van der Waals surface area contributed by atoms with E-state index in [-0.39, 0.29) is 11.5 Å². The maximum atomic E-state index is 9.59. The minimum absolute atomic E-state index is 0.194. The molecule has 0 aliphatic carbocycles. The molecule has 0 amide bonds. The van der Waals surface area contributed by atoms with Crippen LogP contribution in [-0.4, -0.2) is 31.5 Å². The van der Waals surface area contributed by atoms with Crippen LogP contribution in [0.4, 0.5) is 0 Å². The molecule has 2 unspecified atom stereocenters. The Morgan fingerprint density at radius 1 is 1.20 bits per heavy atom. The van der Waals surface area contributed by atoms with Gasteiger partial charge in [0.1, 0.15) is 0 Å². The van der Waals surface area contributed by atoms with Gasteiger partial charge in [-0.2, -0.15) is 0 Å². The van der Waals surface area contributed by atoms with Crippen LogP contribution >= 0.6 is 0 Å². The third kappa shape index (κ3) is 5.61. The Labute approximate surface area is 123 Å². The molecule has 0 bridgehead atoms. The molecular weight excluding hydrogens is 250 g/mol. The largest absolute Gasteiger partial charge is 0.391 e. The monoisotopic (exact) mass is 279 g/mol. The number of hydrogen-bond donors (Lipinski definition) is 2. The second kappa shape index (κ2) is 7.77. The number of benzene rings is 1. The second-order valence-electron chi connectivity index (χ2n) is 6.45. The number of hydrogen-bond acceptors (Lipinski definition) is 3. The van der Waals surface area contributed by atoms with Gasteiger partial charge in [0.25, 0.3) is 0 Å². The van der Waals surface area contributed by atoms with Crippen LogP contribution in [0.1, 0.15) is 51.3 Å². The molecule has 20 heavy (non-hydrogen) atoms. The van der Waals surface area contributed by atoms with Crippen LogP contribution in [-0.2, 0) is 10.2 Å². The topological polar surface area (TPSA) is 41.5 Å². The summed E-state index contributed by atoms with van der Waals surface area (Å²) < 4.78 is 4.91. The van der Waals surface area contributed by atoms with Crippen molar-refractivity contribution >= 4 is 0 Å². The molecule has 2 atom stereocenters. The average molecular weight is 279 g/mol. The molecule has 0 aliphatic rings. The Bertz CT molecular complexity index is 381. The van der Waals surface area contributed by atoms with Crippen LogP contribution in [0.25, 0.3) is 0 Å². The Morgan fingerprint density at radius 2 is 1.80 bits per heavy atom. The summed E-state index contributed by atoms with van der Waals surface area (Å²) >= 11 is 0. The maximum Gasteiger partial charge on any atom is 0.0785 e. The molecule has 0 aromatic heterocycles. The smallest absolute Gasteiger partial charge is 0.0785 e. The lowest BCUT2D eigenvalue weighted by Crippen LogP contribution is -2.25. The third-order valence-electron chi connectivity index (χ3n) is 3.56. The van der Waals surface area contributed by atoms with Gasteiger partial charge in [0.2, 0.25) is 0 Å². The summed E-state index contributed by atoms with van der Waals surface area (Å²) in [6.07, 6.45) is 0.320. The predicted octanol–water partition coefficient (Wildman–Crippen LogP) is 3.03. The first-order valence-corrected chi connectivity index (χ1v) is 7.35. The zero-order chi connectivity index (χ0) is 15.2. The Balaban J connectivity index is 2.46. The van der Waals surface area contributed by atoms with Crippen molar-refractivity contribution in [3.05, 3.63) is 35.4 Å². The Kier molecular flexibility index (Phi) is 6.66. The van der Waals surface area contributed by atoms with E-state index in [1.54, 1.807) is 7.11 Å². The van der Waals surface area contributed by atoms with Crippen molar-refractivity contribution in [1.82, 2.24) is 5.32 Å². The summed E-state index contributed by atoms with van der Waals surface area (Å²) in [6, 6.07) is 9.06. The fourth-order valence-corrected chi connectivity index (χ4v) is 2.13. The third-order valence-corrected chi connectivity index (χ3v) is 3.56. The van der Waals surface area contributed by atoms with E-state index in [4.69, 9.17) is 4.74 Å². The molecule has 1 rings (SSSR count). The van der Waals surface area contributed by atoms with E-state index in [2.05, 4.69) is 57.3 Å². The van der Waals surface area contributed by atoms with Crippen LogP contribution in [0, 0.1) is 0 Å². The molecule has 0 saturated heterocycles. The van der Waals surface area contributed by atoms with Crippen molar-refractivity contribution in [3.8, 4) is 0 Å². The lowest BCUT2D eigenvalue weighted by molar-refractivity contribution is 0.0590. The first kappa shape index (κ1) is 17.2. The van der Waals surface area contributed by atoms with Crippen LogP contribution in [0.2, 0.25) is 0 Å². The van der Waals surface area contributed by atoms with E-state index in [1.165, 1.54) is 11.1 Å². The highest BCUT2D eigenvalue weighted by Gasteiger charge is 2.14. The standard InChI is InChI=1S/C17H29NO2/c1-13(18-11-10-16(19)12-20-5)14-6-8-15(9-7-14)17(2,3)4/h6-9,13,16,18-19H,10-12H2,1-5H3. The molecule has 114 valence electrons. The highest BCUT2D eigenvalue weighted by atomic mass is 16.5. The quantitative estimate of drug-likeness (QED) is 0.806.